The normalized spacial score (nSPS) is 9.90. The molecule has 0 radical (unpaired) electrons. The third-order valence-corrected chi connectivity index (χ3v) is 2.03. The first kappa shape index (κ1) is 8.37. The van der Waals surface area contributed by atoms with E-state index in [0.717, 1.165) is 21.1 Å². The molecular formula is C7H8S3. The third-order valence-electron chi connectivity index (χ3n) is 1.14. The molecule has 0 bridgehead atoms. The van der Waals surface area contributed by atoms with Crippen molar-refractivity contribution in [1.29, 1.82) is 0 Å². The van der Waals surface area contributed by atoms with Gasteiger partial charge < -0.3 is 0 Å². The van der Waals surface area contributed by atoms with Crippen LogP contribution in [0.2, 0.25) is 0 Å². The van der Waals surface area contributed by atoms with E-state index in [2.05, 4.69) is 37.9 Å². The Hall–Kier alpha value is 0.270. The van der Waals surface area contributed by atoms with E-state index in [0.29, 0.717) is 0 Å². The minimum Gasteiger partial charge on any atom is -0.175 e. The van der Waals surface area contributed by atoms with E-state index in [1.165, 1.54) is 0 Å². The molecule has 1 rings (SSSR count). The molecule has 0 fully saturated rings. The average molecular weight is 188 g/mol. The van der Waals surface area contributed by atoms with Crippen LogP contribution in [-0.4, -0.2) is 0 Å². The molecular weight excluding hydrogens is 180 g/mol. The molecule has 0 unspecified atom stereocenters. The highest BCUT2D eigenvalue weighted by Crippen LogP contribution is 2.17. The molecule has 1 aromatic carbocycles. The number of hydrogen-bond donors (Lipinski definition) is 3. The van der Waals surface area contributed by atoms with E-state index in [1.807, 2.05) is 18.2 Å². The minimum absolute atomic E-state index is 0.738. The van der Waals surface area contributed by atoms with Crippen LogP contribution >= 0.6 is 37.9 Å². The molecule has 0 amide bonds. The maximum Gasteiger partial charge on any atom is 0.0155 e. The first-order valence-corrected chi connectivity index (χ1v) is 4.38. The topological polar surface area (TPSA) is 0 Å². The van der Waals surface area contributed by atoms with Gasteiger partial charge in [0, 0.05) is 15.5 Å². The summed E-state index contributed by atoms with van der Waals surface area (Å²) in [5.74, 6) is 0.738. The molecule has 0 atom stereocenters. The molecule has 0 heterocycles. The summed E-state index contributed by atoms with van der Waals surface area (Å²) in [7, 11) is 0. The second-order valence-corrected chi connectivity index (χ2v) is 3.36. The Morgan fingerprint density at radius 3 is 1.90 bits per heavy atom. The quantitative estimate of drug-likeness (QED) is 0.555. The van der Waals surface area contributed by atoms with Crippen LogP contribution in [0.15, 0.2) is 28.0 Å². The van der Waals surface area contributed by atoms with Crippen molar-refractivity contribution in [2.75, 3.05) is 0 Å². The Morgan fingerprint density at radius 2 is 1.50 bits per heavy atom. The molecule has 0 nitrogen and oxygen atoms in total. The summed E-state index contributed by atoms with van der Waals surface area (Å²) in [5, 5.41) is 0. The van der Waals surface area contributed by atoms with Crippen molar-refractivity contribution in [3.05, 3.63) is 23.8 Å². The zero-order valence-electron chi connectivity index (χ0n) is 5.28. The van der Waals surface area contributed by atoms with E-state index < -0.39 is 0 Å². The average Bonchev–Trinajstić information content (AvgIpc) is 1.85. The fourth-order valence-corrected chi connectivity index (χ4v) is 1.64. The molecule has 3 heteroatoms. The smallest absolute Gasteiger partial charge is 0.0155 e. The van der Waals surface area contributed by atoms with Gasteiger partial charge in [0.05, 0.1) is 0 Å². The van der Waals surface area contributed by atoms with Crippen LogP contribution in [0.1, 0.15) is 5.56 Å². The summed E-state index contributed by atoms with van der Waals surface area (Å²) in [4.78, 5) is 1.88. The van der Waals surface area contributed by atoms with E-state index in [1.54, 1.807) is 0 Å². The summed E-state index contributed by atoms with van der Waals surface area (Å²) in [6.07, 6.45) is 0. The van der Waals surface area contributed by atoms with Crippen LogP contribution in [0.3, 0.4) is 0 Å². The summed E-state index contributed by atoms with van der Waals surface area (Å²) < 4.78 is 0. The second kappa shape index (κ2) is 3.60. The number of benzene rings is 1. The van der Waals surface area contributed by atoms with E-state index >= 15 is 0 Å². The van der Waals surface area contributed by atoms with Crippen molar-refractivity contribution < 1.29 is 0 Å². The van der Waals surface area contributed by atoms with Crippen molar-refractivity contribution in [3.8, 4) is 0 Å². The van der Waals surface area contributed by atoms with Crippen molar-refractivity contribution in [3.63, 3.8) is 0 Å². The Morgan fingerprint density at radius 1 is 1.00 bits per heavy atom. The predicted molar refractivity (Wildman–Crippen MR) is 53.6 cm³/mol. The molecule has 0 saturated carbocycles. The molecule has 0 aromatic heterocycles. The Balaban J connectivity index is 3.06. The largest absolute Gasteiger partial charge is 0.175 e. The highest BCUT2D eigenvalue weighted by molar-refractivity contribution is 7.81. The molecule has 0 spiro atoms. The summed E-state index contributed by atoms with van der Waals surface area (Å²) in [5.41, 5.74) is 1.15. The van der Waals surface area contributed by atoms with E-state index in [-0.39, 0.29) is 0 Å². The number of rotatable bonds is 1. The Bertz CT molecular complexity index is 212. The Labute approximate surface area is 77.3 Å². The third kappa shape index (κ3) is 2.15. The van der Waals surface area contributed by atoms with Gasteiger partial charge in [-0.2, -0.15) is 12.6 Å². The van der Waals surface area contributed by atoms with Gasteiger partial charge in [-0.25, -0.2) is 0 Å². The van der Waals surface area contributed by atoms with Crippen LogP contribution in [-0.2, 0) is 5.75 Å². The molecule has 0 aliphatic heterocycles. The summed E-state index contributed by atoms with van der Waals surface area (Å²) in [6, 6.07) is 5.87. The fourth-order valence-electron chi connectivity index (χ4n) is 0.748. The standard InChI is InChI=1S/C7H8S3/c8-4-5-1-6(9)3-7(10)2-5/h1-3,8-10H,4H2. The first-order chi connectivity index (χ1) is 4.72. The highest BCUT2D eigenvalue weighted by Gasteiger charge is 1.92. The molecule has 0 aliphatic carbocycles. The van der Waals surface area contributed by atoms with Gasteiger partial charge in [-0.1, -0.05) is 0 Å². The molecule has 0 N–H and O–H groups in total. The fraction of sp³-hybridized carbons (Fsp3) is 0.143. The van der Waals surface area contributed by atoms with Crippen LogP contribution in [0.5, 0.6) is 0 Å². The lowest BCUT2D eigenvalue weighted by atomic mass is 10.2. The predicted octanol–water partition coefficient (Wildman–Crippen LogP) is 2.69. The Kier molecular flexibility index (Phi) is 3.01. The van der Waals surface area contributed by atoms with Crippen LogP contribution in [0, 0.1) is 0 Å². The lowest BCUT2D eigenvalue weighted by Crippen LogP contribution is -1.77. The van der Waals surface area contributed by atoms with Gasteiger partial charge in [-0.3, -0.25) is 0 Å². The molecule has 10 heavy (non-hydrogen) atoms. The van der Waals surface area contributed by atoms with Gasteiger partial charge in [0.2, 0.25) is 0 Å². The van der Waals surface area contributed by atoms with Gasteiger partial charge in [-0.05, 0) is 23.8 Å². The molecule has 54 valence electrons. The molecule has 0 aliphatic rings. The molecule has 0 saturated heterocycles. The first-order valence-electron chi connectivity index (χ1n) is 2.85. The van der Waals surface area contributed by atoms with Gasteiger partial charge in [0.15, 0.2) is 0 Å². The van der Waals surface area contributed by atoms with Gasteiger partial charge >= 0.3 is 0 Å². The van der Waals surface area contributed by atoms with E-state index in [4.69, 9.17) is 0 Å². The second-order valence-electron chi connectivity index (χ2n) is 2.02. The summed E-state index contributed by atoms with van der Waals surface area (Å²) >= 11 is 12.5. The van der Waals surface area contributed by atoms with Gasteiger partial charge in [0.25, 0.3) is 0 Å². The molecule has 1 aromatic rings. The van der Waals surface area contributed by atoms with Gasteiger partial charge in [-0.15, -0.1) is 25.3 Å². The maximum atomic E-state index is 4.19. The van der Waals surface area contributed by atoms with Crippen LogP contribution < -0.4 is 0 Å². The lowest BCUT2D eigenvalue weighted by Gasteiger charge is -1.98. The van der Waals surface area contributed by atoms with E-state index in [9.17, 15) is 0 Å². The van der Waals surface area contributed by atoms with Crippen molar-refractivity contribution in [2.24, 2.45) is 0 Å². The van der Waals surface area contributed by atoms with Gasteiger partial charge in [0.1, 0.15) is 0 Å². The maximum absolute atomic E-state index is 4.19. The van der Waals surface area contributed by atoms with Crippen molar-refractivity contribution in [2.45, 2.75) is 15.5 Å². The summed E-state index contributed by atoms with van der Waals surface area (Å²) in [6.45, 7) is 0. The van der Waals surface area contributed by atoms with Crippen LogP contribution in [0.4, 0.5) is 0 Å². The van der Waals surface area contributed by atoms with Crippen molar-refractivity contribution in [1.82, 2.24) is 0 Å². The minimum atomic E-state index is 0.738. The van der Waals surface area contributed by atoms with Crippen molar-refractivity contribution >= 4 is 37.9 Å². The lowest BCUT2D eigenvalue weighted by molar-refractivity contribution is 1.26. The monoisotopic (exact) mass is 188 g/mol. The number of hydrogen-bond acceptors (Lipinski definition) is 3. The number of thiol groups is 3. The SMILES string of the molecule is SCc1cc(S)cc(S)c1. The highest BCUT2D eigenvalue weighted by atomic mass is 32.1. The zero-order valence-corrected chi connectivity index (χ0v) is 7.96. The van der Waals surface area contributed by atoms with Crippen LogP contribution in [0.25, 0.3) is 0 Å². The zero-order chi connectivity index (χ0) is 7.56.